The predicted octanol–water partition coefficient (Wildman–Crippen LogP) is 1.69. The van der Waals surface area contributed by atoms with Crippen molar-refractivity contribution in [3.63, 3.8) is 0 Å². The quantitative estimate of drug-likeness (QED) is 0.826. The van der Waals surface area contributed by atoms with Crippen LogP contribution in [0.2, 0.25) is 0 Å². The highest BCUT2D eigenvalue weighted by atomic mass is 16.2. The molecule has 0 aromatic carbocycles. The van der Waals surface area contributed by atoms with E-state index >= 15 is 0 Å². The van der Waals surface area contributed by atoms with Crippen molar-refractivity contribution in [2.24, 2.45) is 11.1 Å². The van der Waals surface area contributed by atoms with Crippen molar-refractivity contribution in [2.45, 2.75) is 52.5 Å². The van der Waals surface area contributed by atoms with E-state index in [-0.39, 0.29) is 11.0 Å². The average Bonchev–Trinajstić information content (AvgIpc) is 2.29. The summed E-state index contributed by atoms with van der Waals surface area (Å²) in [6.07, 6.45) is 2.55. The summed E-state index contributed by atoms with van der Waals surface area (Å²) in [6.45, 7) is 12.1. The highest BCUT2D eigenvalue weighted by Gasteiger charge is 2.33. The number of rotatable bonds is 5. The Labute approximate surface area is 118 Å². The number of piperazine rings is 1. The zero-order chi connectivity index (χ0) is 14.7. The Bertz CT molecular complexity index is 313. The van der Waals surface area contributed by atoms with Gasteiger partial charge < -0.3 is 10.6 Å². The van der Waals surface area contributed by atoms with Crippen LogP contribution in [0.15, 0.2) is 0 Å². The third kappa shape index (κ3) is 4.77. The van der Waals surface area contributed by atoms with Gasteiger partial charge in [0.25, 0.3) is 0 Å². The van der Waals surface area contributed by atoms with Gasteiger partial charge in [0.1, 0.15) is 0 Å². The van der Waals surface area contributed by atoms with Crippen LogP contribution < -0.4 is 5.73 Å². The van der Waals surface area contributed by atoms with E-state index in [0.29, 0.717) is 18.9 Å². The number of hydrogen-bond acceptors (Lipinski definition) is 3. The fraction of sp³-hybridized carbons (Fsp3) is 0.933. The SMILES string of the molecule is CN1CCN(C(=O)CCC(C)(C)CCN)CC1(C)C. The van der Waals surface area contributed by atoms with Crippen LogP contribution in [-0.2, 0) is 4.79 Å². The van der Waals surface area contributed by atoms with Crippen molar-refractivity contribution in [2.75, 3.05) is 33.2 Å². The van der Waals surface area contributed by atoms with Gasteiger partial charge in [0.05, 0.1) is 0 Å². The molecule has 1 aliphatic rings. The third-order valence-electron chi connectivity index (χ3n) is 4.51. The summed E-state index contributed by atoms with van der Waals surface area (Å²) in [4.78, 5) is 16.7. The van der Waals surface area contributed by atoms with E-state index in [1.54, 1.807) is 0 Å². The van der Waals surface area contributed by atoms with Gasteiger partial charge in [-0.15, -0.1) is 0 Å². The van der Waals surface area contributed by atoms with Gasteiger partial charge >= 0.3 is 0 Å². The smallest absolute Gasteiger partial charge is 0.222 e. The van der Waals surface area contributed by atoms with E-state index in [4.69, 9.17) is 5.73 Å². The van der Waals surface area contributed by atoms with Crippen molar-refractivity contribution in [1.29, 1.82) is 0 Å². The molecule has 2 N–H and O–H groups in total. The van der Waals surface area contributed by atoms with E-state index in [9.17, 15) is 4.79 Å². The number of amides is 1. The van der Waals surface area contributed by atoms with Gasteiger partial charge in [0.2, 0.25) is 5.91 Å². The van der Waals surface area contributed by atoms with Crippen molar-refractivity contribution in [3.8, 4) is 0 Å². The molecule has 0 atom stereocenters. The second-order valence-corrected chi connectivity index (χ2v) is 7.25. The summed E-state index contributed by atoms with van der Waals surface area (Å²) in [6, 6.07) is 0. The lowest BCUT2D eigenvalue weighted by molar-refractivity contribution is -0.136. The maximum absolute atomic E-state index is 12.3. The zero-order valence-electron chi connectivity index (χ0n) is 13.3. The molecule has 0 bridgehead atoms. The molecule has 0 aliphatic carbocycles. The van der Waals surface area contributed by atoms with Crippen molar-refractivity contribution >= 4 is 5.91 Å². The number of nitrogens with zero attached hydrogens (tertiary/aromatic N) is 2. The predicted molar refractivity (Wildman–Crippen MR) is 80.0 cm³/mol. The highest BCUT2D eigenvalue weighted by molar-refractivity contribution is 5.76. The first-order valence-corrected chi connectivity index (χ1v) is 7.37. The summed E-state index contributed by atoms with van der Waals surface area (Å²) >= 11 is 0. The molecule has 4 nitrogen and oxygen atoms in total. The van der Waals surface area contributed by atoms with Gasteiger partial charge in [-0.1, -0.05) is 13.8 Å². The van der Waals surface area contributed by atoms with Gasteiger partial charge in [-0.3, -0.25) is 9.69 Å². The molecule has 19 heavy (non-hydrogen) atoms. The monoisotopic (exact) mass is 269 g/mol. The largest absolute Gasteiger partial charge is 0.340 e. The molecule has 0 unspecified atom stereocenters. The van der Waals surface area contributed by atoms with Crippen LogP contribution in [-0.4, -0.2) is 54.5 Å². The van der Waals surface area contributed by atoms with Gasteiger partial charge in [0.15, 0.2) is 0 Å². The molecule has 1 rings (SSSR count). The van der Waals surface area contributed by atoms with Crippen molar-refractivity contribution in [3.05, 3.63) is 0 Å². The Morgan fingerprint density at radius 2 is 1.89 bits per heavy atom. The molecule has 0 aromatic heterocycles. The minimum Gasteiger partial charge on any atom is -0.340 e. The molecule has 112 valence electrons. The fourth-order valence-electron chi connectivity index (χ4n) is 2.57. The standard InChI is InChI=1S/C15H31N3O/c1-14(2,8-9-16)7-6-13(19)18-11-10-17(5)15(3,4)12-18/h6-12,16H2,1-5H3. The van der Waals surface area contributed by atoms with Crippen LogP contribution in [0, 0.1) is 5.41 Å². The summed E-state index contributed by atoms with van der Waals surface area (Å²) in [5.74, 6) is 0.297. The van der Waals surface area contributed by atoms with Crippen LogP contribution in [0.4, 0.5) is 0 Å². The van der Waals surface area contributed by atoms with E-state index in [2.05, 4.69) is 39.6 Å². The second kappa shape index (κ2) is 6.23. The molecule has 0 aromatic rings. The topological polar surface area (TPSA) is 49.6 Å². The summed E-state index contributed by atoms with van der Waals surface area (Å²) in [7, 11) is 2.13. The second-order valence-electron chi connectivity index (χ2n) is 7.25. The summed E-state index contributed by atoms with van der Waals surface area (Å²) < 4.78 is 0. The Morgan fingerprint density at radius 3 is 2.42 bits per heavy atom. The number of hydrogen-bond donors (Lipinski definition) is 1. The number of nitrogens with two attached hydrogens (primary N) is 1. The molecule has 4 heteroatoms. The molecule has 0 radical (unpaired) electrons. The molecule has 0 spiro atoms. The van der Waals surface area contributed by atoms with Crippen LogP contribution >= 0.6 is 0 Å². The van der Waals surface area contributed by atoms with Gasteiger partial charge in [0, 0.05) is 31.6 Å². The van der Waals surface area contributed by atoms with Crippen LogP contribution in [0.25, 0.3) is 0 Å². The third-order valence-corrected chi connectivity index (χ3v) is 4.51. The van der Waals surface area contributed by atoms with E-state index in [1.807, 2.05) is 4.90 Å². The Kier molecular flexibility index (Phi) is 5.39. The summed E-state index contributed by atoms with van der Waals surface area (Å²) in [5, 5.41) is 0. The highest BCUT2D eigenvalue weighted by Crippen LogP contribution is 2.27. The number of likely N-dealkylation sites (N-methyl/N-ethyl adjacent to an activating group) is 1. The van der Waals surface area contributed by atoms with Gasteiger partial charge in [-0.25, -0.2) is 0 Å². The number of carbonyl (C=O) groups excluding carboxylic acids is 1. The lowest BCUT2D eigenvalue weighted by atomic mass is 9.84. The van der Waals surface area contributed by atoms with E-state index in [0.717, 1.165) is 32.5 Å². The first-order chi connectivity index (χ1) is 8.68. The Morgan fingerprint density at radius 1 is 1.26 bits per heavy atom. The molecule has 1 saturated heterocycles. The molecular formula is C15H31N3O. The molecule has 0 saturated carbocycles. The van der Waals surface area contributed by atoms with Crippen molar-refractivity contribution < 1.29 is 4.79 Å². The van der Waals surface area contributed by atoms with Crippen molar-refractivity contribution in [1.82, 2.24) is 9.80 Å². The molecule has 1 aliphatic heterocycles. The fourth-order valence-corrected chi connectivity index (χ4v) is 2.57. The number of carbonyl (C=O) groups is 1. The molecule has 1 fully saturated rings. The lowest BCUT2D eigenvalue weighted by Crippen LogP contribution is -2.58. The lowest BCUT2D eigenvalue weighted by Gasteiger charge is -2.45. The molecular weight excluding hydrogens is 238 g/mol. The first kappa shape index (κ1) is 16.4. The molecule has 1 amide bonds. The maximum Gasteiger partial charge on any atom is 0.222 e. The van der Waals surface area contributed by atoms with E-state index in [1.165, 1.54) is 0 Å². The van der Waals surface area contributed by atoms with Crippen LogP contribution in [0.1, 0.15) is 47.0 Å². The Balaban J connectivity index is 2.47. The molecule has 1 heterocycles. The van der Waals surface area contributed by atoms with Gasteiger partial charge in [-0.05, 0) is 45.7 Å². The van der Waals surface area contributed by atoms with Crippen LogP contribution in [0.3, 0.4) is 0 Å². The van der Waals surface area contributed by atoms with Crippen LogP contribution in [0.5, 0.6) is 0 Å². The first-order valence-electron chi connectivity index (χ1n) is 7.37. The normalized spacial score (nSPS) is 20.6. The Hall–Kier alpha value is -0.610. The zero-order valence-corrected chi connectivity index (χ0v) is 13.3. The maximum atomic E-state index is 12.3. The average molecular weight is 269 g/mol. The van der Waals surface area contributed by atoms with Gasteiger partial charge in [-0.2, -0.15) is 0 Å². The minimum absolute atomic E-state index is 0.0840. The summed E-state index contributed by atoms with van der Waals surface area (Å²) in [5.41, 5.74) is 5.87. The van der Waals surface area contributed by atoms with E-state index < -0.39 is 0 Å². The minimum atomic E-state index is 0.0840.